The maximum atomic E-state index is 15.5. The fourth-order valence-corrected chi connectivity index (χ4v) is 4.11. The van der Waals surface area contributed by atoms with Crippen LogP contribution in [0.1, 0.15) is 27.0 Å². The van der Waals surface area contributed by atoms with Crippen molar-refractivity contribution in [3.8, 4) is 0 Å². The van der Waals surface area contributed by atoms with E-state index in [1.54, 1.807) is 13.1 Å². The average Bonchev–Trinajstić information content (AvgIpc) is 2.80. The highest BCUT2D eigenvalue weighted by atomic mass is 28.4. The van der Waals surface area contributed by atoms with Crippen LogP contribution in [0.15, 0.2) is 21.9 Å². The van der Waals surface area contributed by atoms with Gasteiger partial charge in [-0.3, -0.25) is 13.9 Å². The van der Waals surface area contributed by atoms with Gasteiger partial charge in [0.2, 0.25) is 6.23 Å². The van der Waals surface area contributed by atoms with Gasteiger partial charge < -0.3 is 19.4 Å². The number of hydrogen-bond acceptors (Lipinski definition) is 6. The molecule has 2 rings (SSSR count). The van der Waals surface area contributed by atoms with Gasteiger partial charge in [-0.1, -0.05) is 20.8 Å². The molecule has 2 atom stereocenters. The highest BCUT2D eigenvalue weighted by molar-refractivity contribution is 6.74. The number of halogens is 2. The molecule has 28 heavy (non-hydrogen) atoms. The fourth-order valence-electron chi connectivity index (χ4n) is 2.80. The molecule has 0 bridgehead atoms. The molecule has 11 heteroatoms. The maximum absolute atomic E-state index is 15.5. The molecule has 1 aromatic heterocycles. The zero-order valence-corrected chi connectivity index (χ0v) is 17.9. The maximum Gasteiger partial charge on any atom is 0.333 e. The molecule has 2 heterocycles. The van der Waals surface area contributed by atoms with E-state index in [1.807, 2.05) is 20.8 Å². The van der Waals surface area contributed by atoms with Gasteiger partial charge in [-0.2, -0.15) is 8.78 Å². The van der Waals surface area contributed by atoms with E-state index in [2.05, 4.69) is 0 Å². The van der Waals surface area contributed by atoms with Gasteiger partial charge in [0.05, 0.1) is 13.2 Å². The number of aromatic nitrogens is 2. The van der Waals surface area contributed by atoms with Gasteiger partial charge >= 0.3 is 11.6 Å². The summed E-state index contributed by atoms with van der Waals surface area (Å²) in [6.45, 7) is 7.23. The highest BCUT2D eigenvalue weighted by Gasteiger charge is 2.69. The summed E-state index contributed by atoms with van der Waals surface area (Å²) >= 11 is 0. The molecule has 0 radical (unpaired) electrons. The van der Waals surface area contributed by atoms with Crippen LogP contribution in [-0.2, 0) is 16.2 Å². The SMILES string of the molecule is Cn1c(=O)ccn([C@@H]2OC(CO)(CO)C(O[Si](C)(C)C(C)(C)C)C2(F)F)c1=O. The molecule has 2 N–H and O–H groups in total. The number of rotatable bonds is 5. The van der Waals surface area contributed by atoms with E-state index in [-0.39, 0.29) is 0 Å². The van der Waals surface area contributed by atoms with Crippen molar-refractivity contribution < 1.29 is 28.2 Å². The fraction of sp³-hybridized carbons (Fsp3) is 0.765. The van der Waals surface area contributed by atoms with Crippen LogP contribution in [0.5, 0.6) is 0 Å². The molecule has 1 aromatic rings. The molecule has 8 nitrogen and oxygen atoms in total. The summed E-state index contributed by atoms with van der Waals surface area (Å²) in [5.74, 6) is -3.76. The van der Waals surface area contributed by atoms with E-state index in [9.17, 15) is 19.8 Å². The van der Waals surface area contributed by atoms with E-state index in [0.717, 1.165) is 19.3 Å². The molecule has 1 saturated heterocycles. The van der Waals surface area contributed by atoms with Crippen LogP contribution in [0.4, 0.5) is 8.78 Å². The van der Waals surface area contributed by atoms with Crippen molar-refractivity contribution in [2.75, 3.05) is 13.2 Å². The topological polar surface area (TPSA) is 103 Å². The molecule has 160 valence electrons. The van der Waals surface area contributed by atoms with Gasteiger partial charge in [-0.15, -0.1) is 0 Å². The molecule has 1 aliphatic heterocycles. The Bertz CT molecular complexity index is 841. The zero-order valence-electron chi connectivity index (χ0n) is 16.9. The Kier molecular flexibility index (Phi) is 5.83. The van der Waals surface area contributed by atoms with Crippen molar-refractivity contribution in [1.82, 2.24) is 9.13 Å². The van der Waals surface area contributed by atoms with Crippen LogP contribution < -0.4 is 11.2 Å². The molecular formula is C17H28F2N2O6Si. The van der Waals surface area contributed by atoms with Crippen molar-refractivity contribution in [3.63, 3.8) is 0 Å². The van der Waals surface area contributed by atoms with Crippen molar-refractivity contribution in [3.05, 3.63) is 33.1 Å². The van der Waals surface area contributed by atoms with Gasteiger partial charge in [0, 0.05) is 19.3 Å². The minimum absolute atomic E-state index is 0.425. The second kappa shape index (κ2) is 7.13. The smallest absolute Gasteiger partial charge is 0.333 e. The van der Waals surface area contributed by atoms with Crippen molar-refractivity contribution in [2.45, 2.75) is 62.8 Å². The van der Waals surface area contributed by atoms with Crippen LogP contribution in [0, 0.1) is 0 Å². The number of hydrogen-bond donors (Lipinski definition) is 2. The van der Waals surface area contributed by atoms with Crippen LogP contribution in [0.3, 0.4) is 0 Å². The second-order valence-corrected chi connectivity index (χ2v) is 13.4. The molecule has 1 unspecified atom stereocenters. The summed E-state index contributed by atoms with van der Waals surface area (Å²) in [7, 11) is -1.61. The van der Waals surface area contributed by atoms with E-state index in [0.29, 0.717) is 9.13 Å². The van der Waals surface area contributed by atoms with Gasteiger partial charge in [0.25, 0.3) is 5.56 Å². The van der Waals surface area contributed by atoms with E-state index in [1.165, 1.54) is 0 Å². The highest BCUT2D eigenvalue weighted by Crippen LogP contribution is 2.51. The molecule has 1 aliphatic rings. The Balaban J connectivity index is 2.61. The monoisotopic (exact) mass is 422 g/mol. The minimum atomic E-state index is -3.76. The predicted octanol–water partition coefficient (Wildman–Crippen LogP) is 0.825. The van der Waals surface area contributed by atoms with E-state index < -0.39 is 61.7 Å². The molecule has 0 aliphatic carbocycles. The molecular weight excluding hydrogens is 394 g/mol. The minimum Gasteiger partial charge on any atom is -0.405 e. The first-order chi connectivity index (χ1) is 12.6. The second-order valence-electron chi connectivity index (χ2n) is 8.69. The summed E-state index contributed by atoms with van der Waals surface area (Å²) in [5, 5.41) is 19.2. The summed E-state index contributed by atoms with van der Waals surface area (Å²) in [6.07, 6.45) is -3.22. The number of nitrogens with zero attached hydrogens (tertiary/aromatic N) is 2. The number of ether oxygens (including phenoxy) is 1. The Morgan fingerprint density at radius 1 is 1.25 bits per heavy atom. The third-order valence-electron chi connectivity index (χ3n) is 5.73. The van der Waals surface area contributed by atoms with Crippen molar-refractivity contribution in [2.24, 2.45) is 7.05 Å². The summed E-state index contributed by atoms with van der Waals surface area (Å²) in [6, 6.07) is 0.961. The van der Waals surface area contributed by atoms with Gasteiger partial charge in [0.1, 0.15) is 11.7 Å². The van der Waals surface area contributed by atoms with Gasteiger partial charge in [0.15, 0.2) is 8.32 Å². The van der Waals surface area contributed by atoms with E-state index in [4.69, 9.17) is 9.16 Å². The lowest BCUT2D eigenvalue weighted by Crippen LogP contribution is -2.58. The van der Waals surface area contributed by atoms with Gasteiger partial charge in [-0.25, -0.2) is 4.79 Å². The first kappa shape index (κ1) is 22.9. The van der Waals surface area contributed by atoms with Crippen LogP contribution in [-0.4, -0.2) is 58.5 Å². The lowest BCUT2D eigenvalue weighted by atomic mass is 9.96. The Morgan fingerprint density at radius 2 is 1.79 bits per heavy atom. The molecule has 0 amide bonds. The summed E-state index contributed by atoms with van der Waals surface area (Å²) in [5.41, 5.74) is -3.78. The van der Waals surface area contributed by atoms with Crippen LogP contribution >= 0.6 is 0 Å². The summed E-state index contributed by atoms with van der Waals surface area (Å²) < 4.78 is 43.4. The Morgan fingerprint density at radius 3 is 2.25 bits per heavy atom. The Hall–Kier alpha value is -1.40. The first-order valence-corrected chi connectivity index (χ1v) is 11.8. The van der Waals surface area contributed by atoms with Crippen molar-refractivity contribution in [1.29, 1.82) is 0 Å². The van der Waals surface area contributed by atoms with Crippen LogP contribution in [0.25, 0.3) is 0 Å². The number of aliphatic hydroxyl groups is 2. The molecule has 0 saturated carbocycles. The van der Waals surface area contributed by atoms with E-state index >= 15 is 8.78 Å². The average molecular weight is 423 g/mol. The van der Waals surface area contributed by atoms with Crippen LogP contribution in [0.2, 0.25) is 18.1 Å². The molecule has 1 fully saturated rings. The lowest BCUT2D eigenvalue weighted by Gasteiger charge is -2.42. The Labute approximate surface area is 162 Å². The van der Waals surface area contributed by atoms with Gasteiger partial charge in [-0.05, 0) is 18.1 Å². The number of aliphatic hydroxyl groups excluding tert-OH is 2. The normalized spacial score (nSPS) is 24.5. The van der Waals surface area contributed by atoms with Crippen molar-refractivity contribution >= 4 is 8.32 Å². The zero-order chi connectivity index (χ0) is 21.7. The summed E-state index contributed by atoms with van der Waals surface area (Å²) in [4.78, 5) is 24.0. The third-order valence-corrected chi connectivity index (χ3v) is 10.2. The quantitative estimate of drug-likeness (QED) is 0.682. The largest absolute Gasteiger partial charge is 0.405 e. The predicted molar refractivity (Wildman–Crippen MR) is 100.0 cm³/mol. The third kappa shape index (κ3) is 3.50. The first-order valence-electron chi connectivity index (χ1n) is 8.88. The number of alkyl halides is 2. The molecule has 0 spiro atoms. The molecule has 0 aromatic carbocycles. The lowest BCUT2D eigenvalue weighted by molar-refractivity contribution is -0.154. The standard InChI is InChI=1S/C17H28F2N2O6Si/c1-15(2,3)28(5,6)27-12-16(9-22,10-23)26-13(17(12,18)19)21-8-7-11(24)20(4)14(21)25/h7-8,12-13,22-23H,9-10H2,1-6H3/t12?,13-/m1/s1.